The summed E-state index contributed by atoms with van der Waals surface area (Å²) in [4.78, 5) is 34.3. The first kappa shape index (κ1) is 38.2. The van der Waals surface area contributed by atoms with E-state index in [0.29, 0.717) is 33.5 Å². The molecule has 5 aromatic rings. The van der Waals surface area contributed by atoms with Crippen LogP contribution in [0.2, 0.25) is 5.02 Å². The number of fused-ring (bicyclic) bond motifs is 1. The van der Waals surface area contributed by atoms with E-state index in [1.807, 2.05) is 111 Å². The number of halogens is 1. The number of methoxy groups -OCH3 is 2. The van der Waals surface area contributed by atoms with Crippen molar-refractivity contribution in [3.8, 4) is 17.6 Å². The van der Waals surface area contributed by atoms with E-state index in [0.717, 1.165) is 16.7 Å². The monoisotopic (exact) mass is 731 g/mol. The number of imidazole rings is 1. The molecule has 270 valence electrons. The van der Waals surface area contributed by atoms with E-state index in [2.05, 4.69) is 11.1 Å². The summed E-state index contributed by atoms with van der Waals surface area (Å²) in [7, 11) is -1.34. The van der Waals surface area contributed by atoms with Gasteiger partial charge in [-0.3, -0.25) is 0 Å². The standard InChI is InChI=1S/C39H47ClN5O5P/c1-28(2)45(29(3)4)51(46,47,23-10-21-41)24-22-44-37(43-36-25-33(40)26-42-38(36)44)27-50-39(30-11-8-7-9-12-30,31-13-17-34(48-5)18-14-31)32-15-19-35(49-6)20-16-32/h7-9,11-20,25-26,28-29,46-47H,10,22-24,27H2,1-6H3. The summed E-state index contributed by atoms with van der Waals surface area (Å²) in [5.74, 6) is 1.95. The van der Waals surface area contributed by atoms with Gasteiger partial charge in [-0.25, -0.2) is 0 Å². The predicted octanol–water partition coefficient (Wildman–Crippen LogP) is 7.93. The quantitative estimate of drug-likeness (QED) is 0.0769. The van der Waals surface area contributed by atoms with Gasteiger partial charge in [0.15, 0.2) is 0 Å². The van der Waals surface area contributed by atoms with Crippen molar-refractivity contribution in [1.82, 2.24) is 19.2 Å². The second-order valence-electron chi connectivity index (χ2n) is 13.2. The molecule has 0 bridgehead atoms. The Morgan fingerprint density at radius 3 is 1.92 bits per heavy atom. The van der Waals surface area contributed by atoms with Gasteiger partial charge in [0, 0.05) is 0 Å². The van der Waals surface area contributed by atoms with Crippen molar-refractivity contribution < 1.29 is 24.0 Å². The average molecular weight is 732 g/mol. The van der Waals surface area contributed by atoms with Gasteiger partial charge in [-0.05, 0) is 0 Å². The number of aryl methyl sites for hydroxylation is 1. The molecule has 0 fully saturated rings. The number of hydrogen-bond acceptors (Lipinski definition) is 9. The average Bonchev–Trinajstić information content (AvgIpc) is 3.47. The fraction of sp³-hybridized carbons (Fsp3) is 0.359. The number of hydrogen-bond donors (Lipinski definition) is 2. The van der Waals surface area contributed by atoms with Gasteiger partial charge in [0.05, 0.1) is 14.2 Å². The van der Waals surface area contributed by atoms with Crippen molar-refractivity contribution in [3.05, 3.63) is 119 Å². The van der Waals surface area contributed by atoms with Crippen LogP contribution >= 0.6 is 18.8 Å². The topological polar surface area (TPSA) is 126 Å². The maximum absolute atomic E-state index is 12.3. The van der Waals surface area contributed by atoms with Crippen molar-refractivity contribution >= 4 is 30.0 Å². The van der Waals surface area contributed by atoms with Crippen LogP contribution in [0.5, 0.6) is 11.5 Å². The van der Waals surface area contributed by atoms with E-state index in [1.54, 1.807) is 31.2 Å². The van der Waals surface area contributed by atoms with E-state index in [4.69, 9.17) is 30.8 Å². The summed E-state index contributed by atoms with van der Waals surface area (Å²) in [5, 5.41) is 9.94. The van der Waals surface area contributed by atoms with Gasteiger partial charge in [0.2, 0.25) is 0 Å². The van der Waals surface area contributed by atoms with E-state index >= 15 is 0 Å². The molecule has 2 heterocycles. The Hall–Kier alpha value is -4.07. The van der Waals surface area contributed by atoms with Crippen LogP contribution in [0.3, 0.4) is 0 Å². The Morgan fingerprint density at radius 2 is 1.41 bits per heavy atom. The molecular weight excluding hydrogens is 685 g/mol. The Morgan fingerprint density at radius 1 is 0.863 bits per heavy atom. The van der Waals surface area contributed by atoms with Gasteiger partial charge in [-0.15, -0.1) is 0 Å². The second-order valence-corrected chi connectivity index (χ2v) is 17.7. The van der Waals surface area contributed by atoms with Gasteiger partial charge in [-0.1, -0.05) is 0 Å². The number of pyridine rings is 1. The molecule has 0 aliphatic carbocycles. The molecule has 5 rings (SSSR count). The van der Waals surface area contributed by atoms with Crippen LogP contribution < -0.4 is 9.47 Å². The molecule has 0 aliphatic heterocycles. The van der Waals surface area contributed by atoms with Crippen molar-refractivity contribution in [2.24, 2.45) is 0 Å². The zero-order valence-corrected chi connectivity index (χ0v) is 31.7. The van der Waals surface area contributed by atoms with Crippen molar-refractivity contribution in [2.45, 2.75) is 65.0 Å². The molecule has 51 heavy (non-hydrogen) atoms. The zero-order valence-electron chi connectivity index (χ0n) is 30.0. The van der Waals surface area contributed by atoms with Gasteiger partial charge >= 0.3 is 292 Å². The fourth-order valence-corrected chi connectivity index (χ4v) is 11.4. The Bertz CT molecular complexity index is 1910. The Kier molecular flexibility index (Phi) is 11.7. The van der Waals surface area contributed by atoms with Crippen LogP contribution in [0, 0.1) is 11.3 Å². The van der Waals surface area contributed by atoms with Gasteiger partial charge < -0.3 is 0 Å². The second kappa shape index (κ2) is 15.7. The molecular formula is C39H47ClN5O5P. The van der Waals surface area contributed by atoms with Crippen LogP contribution in [-0.4, -0.2) is 67.6 Å². The first-order valence-corrected chi connectivity index (χ1v) is 19.9. The number of rotatable bonds is 16. The van der Waals surface area contributed by atoms with Crippen molar-refractivity contribution in [1.29, 1.82) is 5.26 Å². The Labute approximate surface area is 305 Å². The van der Waals surface area contributed by atoms with Crippen LogP contribution in [0.1, 0.15) is 56.6 Å². The molecule has 12 heteroatoms. The van der Waals surface area contributed by atoms with Crippen LogP contribution in [-0.2, 0) is 23.5 Å². The predicted molar refractivity (Wildman–Crippen MR) is 203 cm³/mol. The molecule has 0 spiro atoms. The van der Waals surface area contributed by atoms with E-state index in [9.17, 15) is 15.0 Å². The minimum atomic E-state index is -4.60. The van der Waals surface area contributed by atoms with E-state index in [-0.39, 0.29) is 44.0 Å². The summed E-state index contributed by atoms with van der Waals surface area (Å²) in [6.45, 7) is 7.95. The summed E-state index contributed by atoms with van der Waals surface area (Å²) in [5.41, 5.74) is 2.59. The molecule has 0 unspecified atom stereocenters. The number of nitriles is 1. The maximum atomic E-state index is 12.3. The van der Waals surface area contributed by atoms with Crippen LogP contribution in [0.25, 0.3) is 11.2 Å². The van der Waals surface area contributed by atoms with E-state index in [1.165, 1.54) is 0 Å². The van der Waals surface area contributed by atoms with Crippen molar-refractivity contribution in [2.75, 3.05) is 26.5 Å². The third-order valence-electron chi connectivity index (χ3n) is 9.28. The summed E-state index contributed by atoms with van der Waals surface area (Å²) < 4.78 is 21.8. The molecule has 0 radical (unpaired) electrons. The number of nitrogens with zero attached hydrogens (tertiary/aromatic N) is 5. The first-order chi connectivity index (χ1) is 24.3. The molecule has 0 saturated carbocycles. The molecule has 2 N–H and O–H groups in total. The molecule has 0 amide bonds. The Balaban J connectivity index is 1.65. The van der Waals surface area contributed by atoms with Gasteiger partial charge in [0.1, 0.15) is 0 Å². The minimum absolute atomic E-state index is 0.00675. The van der Waals surface area contributed by atoms with E-state index < -0.39 is 12.8 Å². The summed E-state index contributed by atoms with van der Waals surface area (Å²) in [6.07, 6.45) is 1.52. The first-order valence-electron chi connectivity index (χ1n) is 17.0. The zero-order chi connectivity index (χ0) is 36.8. The SMILES string of the molecule is COc1ccc(C(OCc2nc3cc(Cl)cnc3n2CCP(O)(O)(CCC#N)N(C(C)C)C(C)C)(c2ccccc2)c2ccc(OC)cc2)cc1. The third-order valence-corrected chi connectivity index (χ3v) is 13.7. The molecule has 0 aliphatic rings. The molecule has 0 saturated heterocycles. The number of aromatic nitrogens is 3. The number of benzene rings is 3. The fourth-order valence-electron chi connectivity index (χ4n) is 7.21. The molecule has 0 atom stereocenters. The third kappa shape index (κ3) is 7.90. The molecule has 2 aromatic heterocycles. The van der Waals surface area contributed by atoms with Crippen molar-refractivity contribution in [3.63, 3.8) is 0 Å². The molecule has 3 aromatic carbocycles. The number of ether oxygens (including phenoxy) is 3. The van der Waals surface area contributed by atoms with Gasteiger partial charge in [0.25, 0.3) is 0 Å². The normalized spacial score (nSPS) is 13.0. The summed E-state index contributed by atoms with van der Waals surface area (Å²) >= 11 is 6.39. The van der Waals surface area contributed by atoms with Gasteiger partial charge in [-0.2, -0.15) is 0 Å². The van der Waals surface area contributed by atoms with Crippen LogP contribution in [0.4, 0.5) is 0 Å². The molecule has 10 nitrogen and oxygen atoms in total. The van der Waals surface area contributed by atoms with Crippen LogP contribution in [0.15, 0.2) is 91.1 Å². The summed E-state index contributed by atoms with van der Waals surface area (Å²) in [6, 6.07) is 29.1.